The number of ether oxygens (including phenoxy) is 1. The summed E-state index contributed by atoms with van der Waals surface area (Å²) in [5, 5.41) is 0. The van der Waals surface area contributed by atoms with Crippen molar-refractivity contribution in [3.05, 3.63) is 22.7 Å². The average molecular weight is 320 g/mol. The van der Waals surface area contributed by atoms with Crippen molar-refractivity contribution in [2.24, 2.45) is 5.92 Å². The van der Waals surface area contributed by atoms with Gasteiger partial charge in [0.2, 0.25) is 10.0 Å². The van der Waals surface area contributed by atoms with Gasteiger partial charge in [-0.05, 0) is 34.0 Å². The van der Waals surface area contributed by atoms with E-state index in [-0.39, 0.29) is 11.7 Å². The van der Waals surface area contributed by atoms with E-state index in [9.17, 15) is 8.42 Å². The molecule has 1 unspecified atom stereocenters. The van der Waals surface area contributed by atoms with E-state index in [1.165, 1.54) is 4.31 Å². The Morgan fingerprint density at radius 2 is 2.18 bits per heavy atom. The second-order valence-corrected chi connectivity index (χ2v) is 7.02. The van der Waals surface area contributed by atoms with Gasteiger partial charge in [0.05, 0.1) is 18.6 Å². The minimum Gasteiger partial charge on any atom is -0.497 e. The van der Waals surface area contributed by atoms with Gasteiger partial charge in [-0.2, -0.15) is 0 Å². The molecule has 0 amide bonds. The van der Waals surface area contributed by atoms with Crippen molar-refractivity contribution in [2.75, 3.05) is 23.7 Å². The van der Waals surface area contributed by atoms with Gasteiger partial charge in [0.25, 0.3) is 0 Å². The Balaban J connectivity index is 2.47. The number of hydrogen-bond acceptors (Lipinski definition) is 3. The number of methoxy groups -OCH3 is 1. The van der Waals surface area contributed by atoms with Gasteiger partial charge in [-0.25, -0.2) is 8.42 Å². The molecule has 4 nitrogen and oxygen atoms in total. The maximum absolute atomic E-state index is 12.0. The lowest BCUT2D eigenvalue weighted by Gasteiger charge is -2.19. The molecule has 0 N–H and O–H groups in total. The molecule has 1 heterocycles. The first-order valence-corrected chi connectivity index (χ1v) is 7.68. The SMILES string of the molecule is COc1ccc(Br)c(N2CC(C)CS2(=O)=O)c1. The van der Waals surface area contributed by atoms with Crippen LogP contribution in [0.2, 0.25) is 0 Å². The number of nitrogens with zero attached hydrogens (tertiary/aromatic N) is 1. The van der Waals surface area contributed by atoms with Gasteiger partial charge in [-0.15, -0.1) is 0 Å². The van der Waals surface area contributed by atoms with Gasteiger partial charge in [-0.3, -0.25) is 4.31 Å². The molecule has 1 aliphatic rings. The van der Waals surface area contributed by atoms with Crippen molar-refractivity contribution < 1.29 is 13.2 Å². The summed E-state index contributed by atoms with van der Waals surface area (Å²) in [4.78, 5) is 0. The molecule has 0 aromatic heterocycles. The van der Waals surface area contributed by atoms with E-state index in [0.29, 0.717) is 18.0 Å². The molecule has 1 fully saturated rings. The normalized spacial score (nSPS) is 22.8. The van der Waals surface area contributed by atoms with Crippen LogP contribution >= 0.6 is 15.9 Å². The Kier molecular flexibility index (Phi) is 3.36. The topological polar surface area (TPSA) is 46.6 Å². The lowest BCUT2D eigenvalue weighted by atomic mass is 10.2. The first-order valence-electron chi connectivity index (χ1n) is 5.28. The van der Waals surface area contributed by atoms with Crippen molar-refractivity contribution in [3.8, 4) is 5.75 Å². The number of anilines is 1. The van der Waals surface area contributed by atoms with Crippen molar-refractivity contribution in [1.29, 1.82) is 0 Å². The number of hydrogen-bond donors (Lipinski definition) is 0. The Labute approximate surface area is 110 Å². The molecule has 17 heavy (non-hydrogen) atoms. The number of benzene rings is 1. The molecule has 94 valence electrons. The third-order valence-electron chi connectivity index (χ3n) is 2.73. The fourth-order valence-electron chi connectivity index (χ4n) is 1.96. The highest BCUT2D eigenvalue weighted by atomic mass is 79.9. The molecule has 0 spiro atoms. The highest BCUT2D eigenvalue weighted by Crippen LogP contribution is 2.35. The Morgan fingerprint density at radius 3 is 2.71 bits per heavy atom. The van der Waals surface area contributed by atoms with E-state index in [1.54, 1.807) is 25.3 Å². The zero-order valence-corrected chi connectivity index (χ0v) is 12.1. The van der Waals surface area contributed by atoms with Gasteiger partial charge >= 0.3 is 0 Å². The summed E-state index contributed by atoms with van der Waals surface area (Å²) in [6.07, 6.45) is 0. The minimum atomic E-state index is -3.19. The van der Waals surface area contributed by atoms with Crippen LogP contribution in [0.1, 0.15) is 6.92 Å². The predicted octanol–water partition coefficient (Wildman–Crippen LogP) is 2.24. The van der Waals surface area contributed by atoms with Gasteiger partial charge in [0.1, 0.15) is 5.75 Å². The van der Waals surface area contributed by atoms with E-state index in [2.05, 4.69) is 15.9 Å². The Bertz CT molecular complexity index is 530. The molecular formula is C11H14BrNO3S. The highest BCUT2D eigenvalue weighted by Gasteiger charge is 2.34. The number of halogens is 1. The molecule has 1 aliphatic heterocycles. The summed E-state index contributed by atoms with van der Waals surface area (Å²) in [5.74, 6) is 1.01. The van der Waals surface area contributed by atoms with Crippen LogP contribution in [0.5, 0.6) is 5.75 Å². The van der Waals surface area contributed by atoms with Gasteiger partial charge in [0, 0.05) is 17.1 Å². The minimum absolute atomic E-state index is 0.151. The van der Waals surface area contributed by atoms with Crippen LogP contribution in [0.25, 0.3) is 0 Å². The van der Waals surface area contributed by atoms with Gasteiger partial charge in [0.15, 0.2) is 0 Å². The summed E-state index contributed by atoms with van der Waals surface area (Å²) in [7, 11) is -1.63. The summed E-state index contributed by atoms with van der Waals surface area (Å²) < 4.78 is 31.3. The average Bonchev–Trinajstić information content (AvgIpc) is 2.52. The Morgan fingerprint density at radius 1 is 1.47 bits per heavy atom. The maximum atomic E-state index is 12.0. The van der Waals surface area contributed by atoms with Crippen LogP contribution in [0.4, 0.5) is 5.69 Å². The zero-order chi connectivity index (χ0) is 12.6. The highest BCUT2D eigenvalue weighted by molar-refractivity contribution is 9.10. The smallest absolute Gasteiger partial charge is 0.235 e. The number of rotatable bonds is 2. The molecule has 2 rings (SSSR count). The van der Waals surface area contributed by atoms with Crippen LogP contribution < -0.4 is 9.04 Å². The van der Waals surface area contributed by atoms with Crippen molar-refractivity contribution in [2.45, 2.75) is 6.92 Å². The Hall–Kier alpha value is -0.750. The molecule has 1 aromatic carbocycles. The first-order chi connectivity index (χ1) is 7.94. The molecule has 0 radical (unpaired) electrons. The van der Waals surface area contributed by atoms with E-state index in [1.807, 2.05) is 6.92 Å². The van der Waals surface area contributed by atoms with Crippen LogP contribution in [0.3, 0.4) is 0 Å². The molecule has 0 aliphatic carbocycles. The van der Waals surface area contributed by atoms with Crippen LogP contribution in [-0.2, 0) is 10.0 Å². The standard InChI is InChI=1S/C11H14BrNO3S/c1-8-6-13(17(14,15)7-8)11-5-9(16-2)3-4-10(11)12/h3-5,8H,6-7H2,1-2H3. The first kappa shape index (κ1) is 12.7. The molecule has 1 saturated heterocycles. The van der Waals surface area contributed by atoms with Crippen molar-refractivity contribution >= 4 is 31.6 Å². The third-order valence-corrected chi connectivity index (χ3v) is 5.41. The van der Waals surface area contributed by atoms with Crippen LogP contribution in [0.15, 0.2) is 22.7 Å². The van der Waals surface area contributed by atoms with Crippen LogP contribution in [0, 0.1) is 5.92 Å². The molecule has 6 heteroatoms. The summed E-state index contributed by atoms with van der Waals surface area (Å²) in [5.41, 5.74) is 0.647. The van der Waals surface area contributed by atoms with Gasteiger partial charge < -0.3 is 4.74 Å². The second kappa shape index (κ2) is 4.49. The van der Waals surface area contributed by atoms with Crippen LogP contribution in [-0.4, -0.2) is 27.8 Å². The van der Waals surface area contributed by atoms with Crippen molar-refractivity contribution in [3.63, 3.8) is 0 Å². The summed E-state index contributed by atoms with van der Waals surface area (Å²) in [6.45, 7) is 2.46. The second-order valence-electron chi connectivity index (χ2n) is 4.23. The molecule has 1 aromatic rings. The lowest BCUT2D eigenvalue weighted by molar-refractivity contribution is 0.415. The molecular weight excluding hydrogens is 306 g/mol. The lowest BCUT2D eigenvalue weighted by Crippen LogP contribution is -2.25. The zero-order valence-electron chi connectivity index (χ0n) is 9.68. The number of sulfonamides is 1. The summed E-state index contributed by atoms with van der Waals surface area (Å²) >= 11 is 3.38. The van der Waals surface area contributed by atoms with Gasteiger partial charge in [-0.1, -0.05) is 6.92 Å². The largest absolute Gasteiger partial charge is 0.497 e. The quantitative estimate of drug-likeness (QED) is 0.840. The van der Waals surface area contributed by atoms with Crippen molar-refractivity contribution in [1.82, 2.24) is 0 Å². The van der Waals surface area contributed by atoms with E-state index in [0.717, 1.165) is 4.47 Å². The van der Waals surface area contributed by atoms with E-state index >= 15 is 0 Å². The fourth-order valence-corrected chi connectivity index (χ4v) is 4.47. The summed E-state index contributed by atoms with van der Waals surface area (Å²) in [6, 6.07) is 5.33. The fraction of sp³-hybridized carbons (Fsp3) is 0.455. The molecule has 1 atom stereocenters. The van der Waals surface area contributed by atoms with E-state index < -0.39 is 10.0 Å². The monoisotopic (exact) mass is 319 g/mol. The third kappa shape index (κ3) is 2.42. The molecule has 0 saturated carbocycles. The maximum Gasteiger partial charge on any atom is 0.235 e. The molecule has 0 bridgehead atoms. The predicted molar refractivity (Wildman–Crippen MR) is 71.0 cm³/mol. The van der Waals surface area contributed by atoms with E-state index in [4.69, 9.17) is 4.74 Å².